The van der Waals surface area contributed by atoms with Crippen molar-refractivity contribution in [2.24, 2.45) is 7.05 Å². The Morgan fingerprint density at radius 1 is 1.38 bits per heavy atom. The Morgan fingerprint density at radius 2 is 2.10 bits per heavy atom. The smallest absolute Gasteiger partial charge is 0.356 e. The van der Waals surface area contributed by atoms with Crippen molar-refractivity contribution in [3.05, 3.63) is 35.3 Å². The molecular formula is C14H15FN2O4. The SMILES string of the molecule is COCc1cc(-c2cc(C(=O)O)nn2C)c(F)cc1OC. The number of carboxylic acid groups (broad SMARTS) is 1. The van der Waals surface area contributed by atoms with Gasteiger partial charge in [0.1, 0.15) is 11.6 Å². The summed E-state index contributed by atoms with van der Waals surface area (Å²) in [6.07, 6.45) is 0. The van der Waals surface area contributed by atoms with Crippen molar-refractivity contribution < 1.29 is 23.8 Å². The third kappa shape index (κ3) is 2.87. The van der Waals surface area contributed by atoms with E-state index in [1.807, 2.05) is 0 Å². The number of halogens is 1. The standard InChI is InChI=1S/C14H15FN2O4/c1-17-12(6-11(16-17)14(18)19)9-4-8(7-20-2)13(21-3)5-10(9)15/h4-6H,7H2,1-3H3,(H,18,19). The number of hydrogen-bond acceptors (Lipinski definition) is 4. The minimum absolute atomic E-state index is 0.143. The summed E-state index contributed by atoms with van der Waals surface area (Å²) in [5.74, 6) is -1.31. The Morgan fingerprint density at radius 3 is 2.62 bits per heavy atom. The van der Waals surface area contributed by atoms with E-state index in [0.717, 1.165) is 0 Å². The van der Waals surface area contributed by atoms with Crippen molar-refractivity contribution in [3.63, 3.8) is 0 Å². The number of carbonyl (C=O) groups is 1. The normalized spacial score (nSPS) is 10.7. The number of ether oxygens (including phenoxy) is 2. The average molecular weight is 294 g/mol. The van der Waals surface area contributed by atoms with Gasteiger partial charge in [-0.25, -0.2) is 9.18 Å². The van der Waals surface area contributed by atoms with E-state index in [0.29, 0.717) is 17.0 Å². The lowest BCUT2D eigenvalue weighted by Crippen LogP contribution is -2.01. The third-order valence-corrected chi connectivity index (χ3v) is 3.04. The summed E-state index contributed by atoms with van der Waals surface area (Å²) < 4.78 is 25.7. The number of methoxy groups -OCH3 is 2. The van der Waals surface area contributed by atoms with Crippen LogP contribution in [-0.4, -0.2) is 35.1 Å². The maximum absolute atomic E-state index is 14.2. The predicted molar refractivity (Wildman–Crippen MR) is 72.8 cm³/mol. The van der Waals surface area contributed by atoms with Gasteiger partial charge in [0, 0.05) is 31.4 Å². The second-order valence-corrected chi connectivity index (χ2v) is 4.42. The summed E-state index contributed by atoms with van der Waals surface area (Å²) in [5, 5.41) is 12.8. The van der Waals surface area contributed by atoms with Crippen LogP contribution < -0.4 is 4.74 Å². The van der Waals surface area contributed by atoms with E-state index in [9.17, 15) is 9.18 Å². The lowest BCUT2D eigenvalue weighted by Gasteiger charge is -2.11. The highest BCUT2D eigenvalue weighted by Gasteiger charge is 2.18. The fraction of sp³-hybridized carbons (Fsp3) is 0.286. The largest absolute Gasteiger partial charge is 0.496 e. The van der Waals surface area contributed by atoms with Crippen molar-refractivity contribution in [2.45, 2.75) is 6.61 Å². The van der Waals surface area contributed by atoms with Gasteiger partial charge in [0.2, 0.25) is 0 Å². The molecule has 0 bridgehead atoms. The van der Waals surface area contributed by atoms with Crippen LogP contribution in [0.5, 0.6) is 5.75 Å². The van der Waals surface area contributed by atoms with Crippen LogP contribution in [0.3, 0.4) is 0 Å². The van der Waals surface area contributed by atoms with E-state index in [-0.39, 0.29) is 17.9 Å². The van der Waals surface area contributed by atoms with Gasteiger partial charge < -0.3 is 14.6 Å². The van der Waals surface area contributed by atoms with E-state index < -0.39 is 11.8 Å². The molecule has 0 radical (unpaired) electrons. The van der Waals surface area contributed by atoms with Gasteiger partial charge >= 0.3 is 5.97 Å². The highest BCUT2D eigenvalue weighted by Crippen LogP contribution is 2.30. The fourth-order valence-electron chi connectivity index (χ4n) is 2.08. The van der Waals surface area contributed by atoms with Gasteiger partial charge in [-0.1, -0.05) is 0 Å². The van der Waals surface area contributed by atoms with Crippen LogP contribution in [0, 0.1) is 5.82 Å². The molecule has 0 aliphatic heterocycles. The number of rotatable bonds is 5. The van der Waals surface area contributed by atoms with E-state index in [1.54, 1.807) is 13.1 Å². The molecule has 0 aliphatic carbocycles. The molecule has 2 aromatic rings. The highest BCUT2D eigenvalue weighted by atomic mass is 19.1. The van der Waals surface area contributed by atoms with E-state index in [4.69, 9.17) is 14.6 Å². The summed E-state index contributed by atoms with van der Waals surface area (Å²) >= 11 is 0. The molecule has 0 unspecified atom stereocenters. The lowest BCUT2D eigenvalue weighted by molar-refractivity contribution is 0.0689. The van der Waals surface area contributed by atoms with Crippen LogP contribution in [0.2, 0.25) is 0 Å². The molecule has 1 heterocycles. The number of aryl methyl sites for hydroxylation is 1. The number of nitrogens with zero attached hydrogens (tertiary/aromatic N) is 2. The van der Waals surface area contributed by atoms with E-state index in [2.05, 4.69) is 5.10 Å². The summed E-state index contributed by atoms with van der Waals surface area (Å²) in [6, 6.07) is 4.14. The second kappa shape index (κ2) is 5.92. The summed E-state index contributed by atoms with van der Waals surface area (Å²) in [7, 11) is 4.52. The van der Waals surface area contributed by atoms with Gasteiger partial charge in [0.25, 0.3) is 0 Å². The van der Waals surface area contributed by atoms with Crippen LogP contribution in [0.25, 0.3) is 11.3 Å². The molecule has 1 aromatic carbocycles. The minimum Gasteiger partial charge on any atom is -0.496 e. The van der Waals surface area contributed by atoms with Crippen LogP contribution in [0.15, 0.2) is 18.2 Å². The Bertz CT molecular complexity index is 682. The van der Waals surface area contributed by atoms with Gasteiger partial charge in [-0.15, -0.1) is 0 Å². The molecule has 0 fully saturated rings. The quantitative estimate of drug-likeness (QED) is 0.914. The molecule has 0 amide bonds. The average Bonchev–Trinajstić information content (AvgIpc) is 2.82. The first-order valence-corrected chi connectivity index (χ1v) is 6.11. The number of benzene rings is 1. The first-order chi connectivity index (χ1) is 9.97. The van der Waals surface area contributed by atoms with Gasteiger partial charge in [-0.05, 0) is 12.1 Å². The van der Waals surface area contributed by atoms with Crippen LogP contribution in [0.1, 0.15) is 16.1 Å². The fourth-order valence-corrected chi connectivity index (χ4v) is 2.08. The summed E-state index contributed by atoms with van der Waals surface area (Å²) in [4.78, 5) is 10.9. The van der Waals surface area contributed by atoms with Crippen molar-refractivity contribution in [1.29, 1.82) is 0 Å². The van der Waals surface area contributed by atoms with Gasteiger partial charge in [0.05, 0.1) is 19.4 Å². The number of aromatic nitrogens is 2. The molecule has 0 saturated heterocycles. The molecule has 21 heavy (non-hydrogen) atoms. The highest BCUT2D eigenvalue weighted by molar-refractivity contribution is 5.87. The number of hydrogen-bond donors (Lipinski definition) is 1. The maximum atomic E-state index is 14.2. The molecule has 0 spiro atoms. The van der Waals surface area contributed by atoms with Gasteiger partial charge in [0.15, 0.2) is 5.69 Å². The van der Waals surface area contributed by atoms with Crippen molar-refractivity contribution in [2.75, 3.05) is 14.2 Å². The van der Waals surface area contributed by atoms with Crippen LogP contribution in [0.4, 0.5) is 4.39 Å². The molecule has 0 saturated carbocycles. The van der Waals surface area contributed by atoms with Gasteiger partial charge in [-0.2, -0.15) is 5.10 Å². The molecule has 1 aromatic heterocycles. The van der Waals surface area contributed by atoms with Gasteiger partial charge in [-0.3, -0.25) is 4.68 Å². The Balaban J connectivity index is 2.58. The molecule has 0 aliphatic rings. The first kappa shape index (κ1) is 15.0. The van der Waals surface area contributed by atoms with Crippen molar-refractivity contribution >= 4 is 5.97 Å². The second-order valence-electron chi connectivity index (χ2n) is 4.42. The van der Waals surface area contributed by atoms with Crippen LogP contribution >= 0.6 is 0 Å². The number of aromatic carboxylic acids is 1. The molecule has 2 rings (SSSR count). The van der Waals surface area contributed by atoms with Crippen LogP contribution in [-0.2, 0) is 18.4 Å². The zero-order chi connectivity index (χ0) is 15.6. The third-order valence-electron chi connectivity index (χ3n) is 3.04. The molecule has 0 atom stereocenters. The molecule has 7 heteroatoms. The maximum Gasteiger partial charge on any atom is 0.356 e. The molecular weight excluding hydrogens is 279 g/mol. The summed E-state index contributed by atoms with van der Waals surface area (Å²) in [6.45, 7) is 0.250. The van der Waals surface area contributed by atoms with E-state index in [1.165, 1.54) is 31.0 Å². The zero-order valence-electron chi connectivity index (χ0n) is 11.9. The van der Waals surface area contributed by atoms with E-state index >= 15 is 0 Å². The zero-order valence-corrected chi connectivity index (χ0v) is 11.9. The molecule has 1 N–H and O–H groups in total. The lowest BCUT2D eigenvalue weighted by atomic mass is 10.1. The summed E-state index contributed by atoms with van der Waals surface area (Å²) in [5.41, 5.74) is 1.13. The topological polar surface area (TPSA) is 73.6 Å². The molecule has 112 valence electrons. The first-order valence-electron chi connectivity index (χ1n) is 6.11. The minimum atomic E-state index is -1.16. The number of carboxylic acids is 1. The van der Waals surface area contributed by atoms with Crippen molar-refractivity contribution in [1.82, 2.24) is 9.78 Å². The Labute approximate surface area is 120 Å². The predicted octanol–water partition coefficient (Wildman–Crippen LogP) is 2.08. The monoisotopic (exact) mass is 294 g/mol. The Kier molecular flexibility index (Phi) is 4.23. The Hall–Kier alpha value is -2.41. The molecule has 6 nitrogen and oxygen atoms in total. The van der Waals surface area contributed by atoms with Crippen molar-refractivity contribution in [3.8, 4) is 17.0 Å².